The van der Waals surface area contributed by atoms with E-state index < -0.39 is 21.0 Å². The average molecular weight is 462 g/mol. The number of hydrogen-bond acceptors (Lipinski definition) is 6. The van der Waals surface area contributed by atoms with Crippen LogP contribution in [0.25, 0.3) is 0 Å². The Balaban J connectivity index is 1.67. The summed E-state index contributed by atoms with van der Waals surface area (Å²) in [6.07, 6.45) is 0.137. The number of rotatable bonds is 6. The summed E-state index contributed by atoms with van der Waals surface area (Å²) >= 11 is 1.49. The molecule has 0 radical (unpaired) electrons. The predicted molar refractivity (Wildman–Crippen MR) is 121 cm³/mol. The van der Waals surface area contributed by atoms with E-state index in [0.29, 0.717) is 29.2 Å². The van der Waals surface area contributed by atoms with E-state index in [1.165, 1.54) is 37.7 Å². The van der Waals surface area contributed by atoms with Crippen molar-refractivity contribution in [1.82, 2.24) is 0 Å². The van der Waals surface area contributed by atoms with Crippen molar-refractivity contribution in [2.75, 3.05) is 21.7 Å². The second-order valence-corrected chi connectivity index (χ2v) is 10.7. The van der Waals surface area contributed by atoms with Crippen LogP contribution < -0.4 is 16.0 Å². The van der Waals surface area contributed by atoms with Gasteiger partial charge in [-0.15, -0.1) is 11.8 Å². The van der Waals surface area contributed by atoms with Crippen LogP contribution >= 0.6 is 11.8 Å². The summed E-state index contributed by atoms with van der Waals surface area (Å²) in [5.41, 5.74) is 1.56. The Bertz CT molecular complexity index is 1110. The zero-order chi connectivity index (χ0) is 22.6. The van der Waals surface area contributed by atoms with Gasteiger partial charge >= 0.3 is 0 Å². The van der Waals surface area contributed by atoms with E-state index in [1.807, 2.05) is 0 Å². The van der Waals surface area contributed by atoms with Crippen molar-refractivity contribution in [1.29, 1.82) is 0 Å². The molecule has 0 fully saturated rings. The van der Waals surface area contributed by atoms with Gasteiger partial charge in [0.05, 0.1) is 15.8 Å². The van der Waals surface area contributed by atoms with Crippen LogP contribution in [-0.2, 0) is 24.2 Å². The molecular formula is C21H23N3O5S2. The Morgan fingerprint density at radius 2 is 1.74 bits per heavy atom. The van der Waals surface area contributed by atoms with E-state index in [4.69, 9.17) is 0 Å². The number of anilines is 3. The second kappa shape index (κ2) is 9.52. The molecule has 1 aliphatic heterocycles. The molecule has 0 saturated heterocycles. The molecule has 1 unspecified atom stereocenters. The number of thioether (sulfide) groups is 1. The predicted octanol–water partition coefficient (Wildman–Crippen LogP) is 3.27. The number of benzene rings is 2. The van der Waals surface area contributed by atoms with Gasteiger partial charge in [0.15, 0.2) is 9.84 Å². The van der Waals surface area contributed by atoms with Crippen LogP contribution in [0.5, 0.6) is 0 Å². The van der Waals surface area contributed by atoms with Gasteiger partial charge in [0.2, 0.25) is 17.7 Å². The van der Waals surface area contributed by atoms with Gasteiger partial charge in [0.25, 0.3) is 0 Å². The topological polar surface area (TPSA) is 121 Å². The van der Waals surface area contributed by atoms with Gasteiger partial charge in [-0.25, -0.2) is 8.42 Å². The smallest absolute Gasteiger partial charge is 0.225 e. The number of fused-ring (bicyclic) bond motifs is 1. The highest BCUT2D eigenvalue weighted by molar-refractivity contribution is 7.99. The Labute approximate surface area is 185 Å². The summed E-state index contributed by atoms with van der Waals surface area (Å²) in [6.45, 7) is 2.88. The summed E-state index contributed by atoms with van der Waals surface area (Å²) in [5, 5.41) is 7.06. The largest absolute Gasteiger partial charge is 0.326 e. The van der Waals surface area contributed by atoms with Gasteiger partial charge < -0.3 is 16.0 Å². The SMILES string of the molecule is CC(=O)Nc1ccc(NC(=O)CC(C)S(=O)(=O)c2ccc3c(c2)NC(=O)CCS3)cc1. The number of hydrogen-bond donors (Lipinski definition) is 3. The fourth-order valence-corrected chi connectivity index (χ4v) is 5.34. The van der Waals surface area contributed by atoms with Crippen molar-refractivity contribution < 1.29 is 22.8 Å². The van der Waals surface area contributed by atoms with E-state index in [-0.39, 0.29) is 23.1 Å². The quantitative estimate of drug-likeness (QED) is 0.607. The van der Waals surface area contributed by atoms with E-state index in [9.17, 15) is 22.8 Å². The number of sulfone groups is 1. The highest BCUT2D eigenvalue weighted by atomic mass is 32.2. The Morgan fingerprint density at radius 1 is 1.10 bits per heavy atom. The minimum atomic E-state index is -3.78. The molecule has 31 heavy (non-hydrogen) atoms. The third-order valence-electron chi connectivity index (χ3n) is 4.63. The standard InChI is InChI=1S/C21H23N3O5S2/c1-13(11-21(27)23-16-5-3-15(4-6-16)22-14(2)25)31(28,29)17-7-8-19-18(12-17)24-20(26)9-10-30-19/h3-8,12-13H,9-11H2,1-2H3,(H,22,25)(H,23,27)(H,24,26). The molecule has 1 aliphatic rings. The maximum Gasteiger partial charge on any atom is 0.225 e. The van der Waals surface area contributed by atoms with Crippen LogP contribution in [0.3, 0.4) is 0 Å². The van der Waals surface area contributed by atoms with E-state index in [0.717, 1.165) is 4.90 Å². The van der Waals surface area contributed by atoms with Gasteiger partial charge in [-0.3, -0.25) is 14.4 Å². The third-order valence-corrected chi connectivity index (χ3v) is 7.84. The molecule has 3 rings (SSSR count). The van der Waals surface area contributed by atoms with Gasteiger partial charge in [-0.2, -0.15) is 0 Å². The molecule has 164 valence electrons. The van der Waals surface area contributed by atoms with E-state index in [1.54, 1.807) is 30.3 Å². The average Bonchev–Trinajstić information content (AvgIpc) is 2.88. The molecule has 2 aromatic carbocycles. The highest BCUT2D eigenvalue weighted by Gasteiger charge is 2.27. The number of amides is 3. The lowest BCUT2D eigenvalue weighted by molar-refractivity contribution is -0.116. The van der Waals surface area contributed by atoms with Crippen molar-refractivity contribution in [2.24, 2.45) is 0 Å². The lowest BCUT2D eigenvalue weighted by Gasteiger charge is -2.15. The molecule has 1 heterocycles. The van der Waals surface area contributed by atoms with Crippen LogP contribution in [0.2, 0.25) is 0 Å². The van der Waals surface area contributed by atoms with Crippen LogP contribution in [0.1, 0.15) is 26.7 Å². The first-order chi connectivity index (χ1) is 14.6. The molecular weight excluding hydrogens is 438 g/mol. The summed E-state index contributed by atoms with van der Waals surface area (Å²) in [5.74, 6) is -0.167. The normalized spacial score (nSPS) is 14.6. The van der Waals surface area contributed by atoms with Crippen molar-refractivity contribution >= 4 is 56.4 Å². The monoisotopic (exact) mass is 461 g/mol. The maximum absolute atomic E-state index is 13.0. The third kappa shape index (κ3) is 5.86. The minimum Gasteiger partial charge on any atom is -0.326 e. The molecule has 8 nitrogen and oxygen atoms in total. The molecule has 1 atom stereocenters. The van der Waals surface area contributed by atoms with Gasteiger partial charge in [0.1, 0.15) is 0 Å². The second-order valence-electron chi connectivity index (χ2n) is 7.17. The molecule has 0 aliphatic carbocycles. The molecule has 0 bridgehead atoms. The summed E-state index contributed by atoms with van der Waals surface area (Å²) in [6, 6.07) is 11.2. The first-order valence-corrected chi connectivity index (χ1v) is 12.2. The molecule has 3 N–H and O–H groups in total. The molecule has 0 aromatic heterocycles. The lowest BCUT2D eigenvalue weighted by Crippen LogP contribution is -2.25. The minimum absolute atomic E-state index is 0.0639. The number of nitrogens with one attached hydrogen (secondary N) is 3. The van der Waals surface area contributed by atoms with Crippen molar-refractivity contribution in [2.45, 2.75) is 41.7 Å². The zero-order valence-corrected chi connectivity index (χ0v) is 18.7. The summed E-state index contributed by atoms with van der Waals surface area (Å²) in [4.78, 5) is 36.1. The van der Waals surface area contributed by atoms with Gasteiger partial charge in [0, 0.05) is 41.8 Å². The first kappa shape index (κ1) is 22.8. The Morgan fingerprint density at radius 3 is 2.39 bits per heavy atom. The van der Waals surface area contributed by atoms with Crippen molar-refractivity contribution in [3.63, 3.8) is 0 Å². The fourth-order valence-electron chi connectivity index (χ4n) is 3.03. The molecule has 2 aromatic rings. The molecule has 3 amide bonds. The van der Waals surface area contributed by atoms with Gasteiger partial charge in [-0.1, -0.05) is 0 Å². The molecule has 0 saturated carbocycles. The summed E-state index contributed by atoms with van der Waals surface area (Å²) in [7, 11) is -3.78. The molecule has 0 spiro atoms. The van der Waals surface area contributed by atoms with E-state index >= 15 is 0 Å². The van der Waals surface area contributed by atoms with Gasteiger partial charge in [-0.05, 0) is 49.4 Å². The lowest BCUT2D eigenvalue weighted by atomic mass is 10.2. The number of carbonyl (C=O) groups excluding carboxylic acids is 3. The van der Waals surface area contributed by atoms with Crippen molar-refractivity contribution in [3.8, 4) is 0 Å². The van der Waals surface area contributed by atoms with Crippen LogP contribution in [0.15, 0.2) is 52.3 Å². The Hall–Kier alpha value is -2.85. The van der Waals surface area contributed by atoms with Crippen molar-refractivity contribution in [3.05, 3.63) is 42.5 Å². The Kier molecular flexibility index (Phi) is 7.01. The fraction of sp³-hybridized carbons (Fsp3) is 0.286. The number of carbonyl (C=O) groups is 3. The van der Waals surface area contributed by atoms with Crippen LogP contribution in [0, 0.1) is 0 Å². The first-order valence-electron chi connectivity index (χ1n) is 9.63. The van der Waals surface area contributed by atoms with Crippen LogP contribution in [-0.4, -0.2) is 37.1 Å². The summed E-state index contributed by atoms with van der Waals surface area (Å²) < 4.78 is 26.0. The molecule has 10 heteroatoms. The van der Waals surface area contributed by atoms with Crippen LogP contribution in [0.4, 0.5) is 17.1 Å². The van der Waals surface area contributed by atoms with E-state index in [2.05, 4.69) is 16.0 Å². The maximum atomic E-state index is 13.0. The zero-order valence-electron chi connectivity index (χ0n) is 17.1. The highest BCUT2D eigenvalue weighted by Crippen LogP contribution is 2.33.